The van der Waals surface area contributed by atoms with Crippen molar-refractivity contribution in [3.8, 4) is 5.75 Å². The predicted octanol–water partition coefficient (Wildman–Crippen LogP) is 6.72. The molecule has 2 aliphatic rings. The molecule has 3 heterocycles. The smallest absolute Gasteiger partial charge is 0.271 e. The van der Waals surface area contributed by atoms with Crippen LogP contribution in [-0.4, -0.2) is 11.7 Å². The Bertz CT molecular complexity index is 1970. The van der Waals surface area contributed by atoms with Crippen LogP contribution in [-0.2, 0) is 6.42 Å². The second kappa shape index (κ2) is 10.3. The molecule has 2 aromatic heterocycles. The monoisotopic (exact) mass is 582 g/mol. The molecule has 0 amide bonds. The van der Waals surface area contributed by atoms with Gasteiger partial charge in [0.05, 0.1) is 23.4 Å². The third-order valence-corrected chi connectivity index (χ3v) is 9.35. The molecule has 0 saturated carbocycles. The van der Waals surface area contributed by atoms with Gasteiger partial charge in [0.1, 0.15) is 11.5 Å². The molecular formula is C32H23ClN2O3S2. The van der Waals surface area contributed by atoms with Crippen molar-refractivity contribution in [1.82, 2.24) is 4.57 Å². The van der Waals surface area contributed by atoms with Crippen LogP contribution in [0.4, 0.5) is 0 Å². The molecule has 7 rings (SSSR count). The summed E-state index contributed by atoms with van der Waals surface area (Å²) in [4.78, 5) is 20.8. The second-order valence-electron chi connectivity index (χ2n) is 9.60. The number of thiazole rings is 1. The molecule has 5 aromatic rings. The summed E-state index contributed by atoms with van der Waals surface area (Å²) in [6.07, 6.45) is 3.57. The molecule has 0 fully saturated rings. The van der Waals surface area contributed by atoms with Gasteiger partial charge in [-0.05, 0) is 78.1 Å². The highest BCUT2D eigenvalue weighted by molar-refractivity contribution is 7.99. The second-order valence-corrected chi connectivity index (χ2v) is 12.1. The summed E-state index contributed by atoms with van der Waals surface area (Å²) in [5, 5.41) is 1.43. The number of benzene rings is 3. The van der Waals surface area contributed by atoms with Gasteiger partial charge < -0.3 is 9.15 Å². The number of aromatic nitrogens is 1. The van der Waals surface area contributed by atoms with Crippen LogP contribution >= 0.6 is 34.7 Å². The van der Waals surface area contributed by atoms with Gasteiger partial charge in [-0.1, -0.05) is 71.1 Å². The maximum atomic E-state index is 14.0. The van der Waals surface area contributed by atoms with Crippen LogP contribution in [0.5, 0.6) is 5.75 Å². The van der Waals surface area contributed by atoms with Crippen molar-refractivity contribution in [3.63, 3.8) is 0 Å². The largest absolute Gasteiger partial charge is 0.497 e. The van der Waals surface area contributed by atoms with Crippen LogP contribution in [0.1, 0.15) is 34.9 Å². The van der Waals surface area contributed by atoms with Crippen LogP contribution in [0, 0.1) is 0 Å². The Balaban J connectivity index is 1.35. The summed E-state index contributed by atoms with van der Waals surface area (Å²) in [5.41, 5.74) is 5.49. The Morgan fingerprint density at radius 1 is 1.05 bits per heavy atom. The number of fused-ring (bicyclic) bond motifs is 3. The Labute approximate surface area is 243 Å². The van der Waals surface area contributed by atoms with E-state index in [9.17, 15) is 4.79 Å². The highest BCUT2D eigenvalue weighted by Crippen LogP contribution is 2.41. The molecule has 0 spiro atoms. The van der Waals surface area contributed by atoms with Crippen molar-refractivity contribution in [2.75, 3.05) is 7.11 Å². The number of hydrogen-bond acceptors (Lipinski definition) is 6. The molecular weight excluding hydrogens is 560 g/mol. The van der Waals surface area contributed by atoms with E-state index in [2.05, 4.69) is 30.3 Å². The van der Waals surface area contributed by atoms with E-state index in [1.165, 1.54) is 28.7 Å². The third kappa shape index (κ3) is 4.54. The number of methoxy groups -OCH3 is 1. The van der Waals surface area contributed by atoms with Gasteiger partial charge in [0, 0.05) is 21.6 Å². The molecule has 5 nitrogen and oxygen atoms in total. The molecule has 40 heavy (non-hydrogen) atoms. The molecule has 0 N–H and O–H groups in total. The van der Waals surface area contributed by atoms with Gasteiger partial charge >= 0.3 is 0 Å². The maximum Gasteiger partial charge on any atom is 0.271 e. The normalized spacial score (nSPS) is 16.2. The minimum atomic E-state index is -0.260. The fourth-order valence-electron chi connectivity index (χ4n) is 5.35. The van der Waals surface area contributed by atoms with Crippen LogP contribution in [0.3, 0.4) is 0 Å². The number of hydrogen-bond donors (Lipinski definition) is 0. The zero-order chi connectivity index (χ0) is 27.2. The molecule has 198 valence electrons. The van der Waals surface area contributed by atoms with Crippen molar-refractivity contribution in [2.45, 2.75) is 28.9 Å². The van der Waals surface area contributed by atoms with Crippen molar-refractivity contribution in [3.05, 3.63) is 138 Å². The maximum absolute atomic E-state index is 14.0. The van der Waals surface area contributed by atoms with Crippen molar-refractivity contribution in [2.24, 2.45) is 4.99 Å². The summed E-state index contributed by atoms with van der Waals surface area (Å²) < 4.78 is 14.0. The quantitative estimate of drug-likeness (QED) is 0.231. The van der Waals surface area contributed by atoms with Crippen LogP contribution < -0.4 is 19.6 Å². The van der Waals surface area contributed by atoms with E-state index >= 15 is 0 Å². The van der Waals surface area contributed by atoms with Crippen molar-refractivity contribution >= 4 is 46.5 Å². The topological polar surface area (TPSA) is 56.7 Å². The van der Waals surface area contributed by atoms with E-state index in [1.807, 2.05) is 65.2 Å². The van der Waals surface area contributed by atoms with Gasteiger partial charge in [0.15, 0.2) is 9.89 Å². The van der Waals surface area contributed by atoms with Crippen LogP contribution in [0.2, 0.25) is 5.02 Å². The standard InChI is InChI=1S/C32H23ClN2O3S2/c1-37-22-7-4-6-20(17-22)30-26-15-9-19-5-2-3-8-25(19)29(26)34-32-35(30)31(36)27(40-32)18-23-12-16-28(38-23)39-24-13-10-21(33)11-14-24/h2-8,10-14,16-18,30H,9,15H2,1H3/b27-18-/t30-/m1/s1. The fourth-order valence-corrected chi connectivity index (χ4v) is 7.23. The lowest BCUT2D eigenvalue weighted by Crippen LogP contribution is -2.38. The van der Waals surface area contributed by atoms with E-state index in [0.29, 0.717) is 20.1 Å². The molecule has 0 unspecified atom stereocenters. The summed E-state index contributed by atoms with van der Waals surface area (Å²) >= 11 is 8.91. The van der Waals surface area contributed by atoms with Crippen molar-refractivity contribution in [1.29, 1.82) is 0 Å². The number of halogens is 1. The van der Waals surface area contributed by atoms with E-state index in [1.54, 1.807) is 7.11 Å². The van der Waals surface area contributed by atoms with E-state index in [0.717, 1.165) is 51.0 Å². The van der Waals surface area contributed by atoms with Crippen LogP contribution in [0.25, 0.3) is 11.8 Å². The number of nitrogens with zero attached hydrogens (tertiary/aromatic N) is 2. The average molecular weight is 583 g/mol. The van der Waals surface area contributed by atoms with Gasteiger partial charge in [0.25, 0.3) is 5.56 Å². The van der Waals surface area contributed by atoms with Crippen LogP contribution in [0.15, 0.2) is 115 Å². The Kier molecular flexibility index (Phi) is 6.50. The van der Waals surface area contributed by atoms with Gasteiger partial charge in [-0.15, -0.1) is 0 Å². The average Bonchev–Trinajstić information content (AvgIpc) is 3.56. The van der Waals surface area contributed by atoms with E-state index < -0.39 is 0 Å². The van der Waals surface area contributed by atoms with Gasteiger partial charge in [0.2, 0.25) is 0 Å². The zero-order valence-electron chi connectivity index (χ0n) is 21.5. The minimum absolute atomic E-state index is 0.0784. The van der Waals surface area contributed by atoms with Gasteiger partial charge in [-0.3, -0.25) is 9.36 Å². The Hall–Kier alpha value is -3.78. The third-order valence-electron chi connectivity index (χ3n) is 7.19. The number of rotatable bonds is 5. The minimum Gasteiger partial charge on any atom is -0.497 e. The summed E-state index contributed by atoms with van der Waals surface area (Å²) in [6, 6.07) is 27.6. The lowest BCUT2D eigenvalue weighted by Gasteiger charge is -2.31. The first-order valence-electron chi connectivity index (χ1n) is 12.9. The number of furan rings is 1. The fraction of sp³-hybridized carbons (Fsp3) is 0.125. The highest BCUT2D eigenvalue weighted by atomic mass is 35.5. The highest BCUT2D eigenvalue weighted by Gasteiger charge is 2.32. The molecule has 0 radical (unpaired) electrons. The summed E-state index contributed by atoms with van der Waals surface area (Å²) in [7, 11) is 1.66. The Morgan fingerprint density at radius 2 is 1.90 bits per heavy atom. The number of ether oxygens (including phenoxy) is 1. The van der Waals surface area contributed by atoms with Gasteiger partial charge in [-0.2, -0.15) is 0 Å². The molecule has 1 aliphatic heterocycles. The first kappa shape index (κ1) is 25.2. The number of aryl methyl sites for hydroxylation is 1. The Morgan fingerprint density at radius 3 is 2.75 bits per heavy atom. The van der Waals surface area contributed by atoms with Gasteiger partial charge in [-0.25, -0.2) is 4.99 Å². The molecule has 8 heteroatoms. The predicted molar refractivity (Wildman–Crippen MR) is 160 cm³/mol. The molecule has 0 bridgehead atoms. The van der Waals surface area contributed by atoms with E-state index in [4.69, 9.17) is 25.7 Å². The summed E-state index contributed by atoms with van der Waals surface area (Å²) in [5.74, 6) is 1.38. The number of allylic oxidation sites excluding steroid dienone is 1. The van der Waals surface area contributed by atoms with E-state index in [-0.39, 0.29) is 11.6 Å². The first-order chi connectivity index (χ1) is 19.6. The first-order valence-corrected chi connectivity index (χ1v) is 14.9. The lowest BCUT2D eigenvalue weighted by atomic mass is 9.83. The zero-order valence-corrected chi connectivity index (χ0v) is 23.9. The SMILES string of the molecule is COc1cccc([C@@H]2C3=C(N=c4s/c(=C\c5ccc(Sc6ccc(Cl)cc6)o5)c(=O)n42)c2ccccc2CC3)c1. The lowest BCUT2D eigenvalue weighted by molar-refractivity contribution is 0.413. The molecule has 1 aliphatic carbocycles. The molecule has 3 aromatic carbocycles. The molecule has 1 atom stereocenters. The molecule has 0 saturated heterocycles. The summed E-state index contributed by atoms with van der Waals surface area (Å²) in [6.45, 7) is 0. The van der Waals surface area contributed by atoms with Crippen molar-refractivity contribution < 1.29 is 9.15 Å².